The van der Waals surface area contributed by atoms with Gasteiger partial charge < -0.3 is 4.74 Å². The Morgan fingerprint density at radius 1 is 1.13 bits per heavy atom. The number of carbonyl (C=O) groups is 1. The first-order chi connectivity index (χ1) is 14.7. The minimum atomic E-state index is -0.161. The maximum atomic E-state index is 11.4. The molecule has 0 fully saturated rings. The number of hydrogen-bond acceptors (Lipinski definition) is 4. The molecule has 0 saturated carbocycles. The molecule has 0 radical (unpaired) electrons. The summed E-state index contributed by atoms with van der Waals surface area (Å²) >= 11 is 1.78. The van der Waals surface area contributed by atoms with Gasteiger partial charge in [-0.3, -0.25) is 4.79 Å². The van der Waals surface area contributed by atoms with E-state index in [0.717, 1.165) is 24.2 Å². The average molecular weight is 430 g/mol. The second-order valence-electron chi connectivity index (χ2n) is 7.80. The van der Waals surface area contributed by atoms with Crippen molar-refractivity contribution in [1.82, 2.24) is 0 Å². The summed E-state index contributed by atoms with van der Waals surface area (Å²) in [6, 6.07) is 10.0. The van der Waals surface area contributed by atoms with E-state index in [9.17, 15) is 4.79 Å². The number of hydrogen-bond donors (Lipinski definition) is 0. The highest BCUT2D eigenvalue weighted by molar-refractivity contribution is 8.00. The van der Waals surface area contributed by atoms with Crippen LogP contribution in [0.2, 0.25) is 0 Å². The minimum absolute atomic E-state index is 0.161. The molecule has 0 bridgehead atoms. The van der Waals surface area contributed by atoms with Gasteiger partial charge in [0.2, 0.25) is 0 Å². The van der Waals surface area contributed by atoms with E-state index in [1.54, 1.807) is 11.8 Å². The lowest BCUT2D eigenvalue weighted by molar-refractivity contribution is -0.140. The van der Waals surface area contributed by atoms with Crippen molar-refractivity contribution >= 4 is 17.7 Å². The lowest BCUT2D eigenvalue weighted by Crippen LogP contribution is -2.08. The molecule has 1 rings (SSSR count). The molecule has 166 valence electrons. The van der Waals surface area contributed by atoms with E-state index in [4.69, 9.17) is 10.00 Å². The van der Waals surface area contributed by atoms with Crippen molar-refractivity contribution in [1.29, 1.82) is 5.26 Å². The number of rotatable bonds is 17. The first kappa shape index (κ1) is 26.3. The average Bonchev–Trinajstić information content (AvgIpc) is 2.77. The van der Waals surface area contributed by atoms with Crippen molar-refractivity contribution in [2.45, 2.75) is 89.2 Å². The van der Waals surface area contributed by atoms with Gasteiger partial charge in [0, 0.05) is 11.0 Å². The minimum Gasteiger partial charge on any atom is -0.469 e. The van der Waals surface area contributed by atoms with Gasteiger partial charge in [0.1, 0.15) is 0 Å². The van der Waals surface area contributed by atoms with Crippen LogP contribution in [0.4, 0.5) is 0 Å². The molecule has 0 heterocycles. The summed E-state index contributed by atoms with van der Waals surface area (Å²) in [7, 11) is 1.43. The summed E-state index contributed by atoms with van der Waals surface area (Å²) in [4.78, 5) is 11.4. The third-order valence-corrected chi connectivity index (χ3v) is 6.38. The predicted octanol–water partition coefficient (Wildman–Crippen LogP) is 7.24. The molecule has 0 saturated heterocycles. The Morgan fingerprint density at radius 2 is 1.83 bits per heavy atom. The number of allylic oxidation sites excluding steroid dienone is 1. The number of benzene rings is 1. The SMILES string of the molecule is CCCCCCCCCCC/C=C\C(Cc1cccc(C#N)c1)SCCC(=O)OC. The number of esters is 1. The Morgan fingerprint density at radius 3 is 2.50 bits per heavy atom. The molecule has 0 aliphatic rings. The maximum absolute atomic E-state index is 11.4. The Bertz CT molecular complexity index is 651. The number of nitrogens with zero attached hydrogens (tertiary/aromatic N) is 1. The quantitative estimate of drug-likeness (QED) is 0.149. The molecule has 1 atom stereocenters. The van der Waals surface area contributed by atoms with E-state index >= 15 is 0 Å². The zero-order valence-corrected chi connectivity index (χ0v) is 19.7. The van der Waals surface area contributed by atoms with Crippen LogP contribution in [0.1, 0.15) is 88.7 Å². The molecule has 0 spiro atoms. The number of ether oxygens (including phenoxy) is 1. The summed E-state index contributed by atoms with van der Waals surface area (Å²) < 4.78 is 4.75. The van der Waals surface area contributed by atoms with Gasteiger partial charge in [-0.25, -0.2) is 0 Å². The second kappa shape index (κ2) is 18.1. The van der Waals surface area contributed by atoms with Crippen molar-refractivity contribution in [3.05, 3.63) is 47.5 Å². The normalized spacial score (nSPS) is 12.0. The fraction of sp³-hybridized carbons (Fsp3) is 0.615. The van der Waals surface area contributed by atoms with Crippen LogP contribution in [0.25, 0.3) is 0 Å². The first-order valence-electron chi connectivity index (χ1n) is 11.5. The fourth-order valence-electron chi connectivity index (χ4n) is 3.40. The fourth-order valence-corrected chi connectivity index (χ4v) is 4.52. The molecule has 0 N–H and O–H groups in total. The zero-order valence-electron chi connectivity index (χ0n) is 18.9. The predicted molar refractivity (Wildman–Crippen MR) is 129 cm³/mol. The van der Waals surface area contributed by atoms with Gasteiger partial charge in [0.25, 0.3) is 0 Å². The monoisotopic (exact) mass is 429 g/mol. The highest BCUT2D eigenvalue weighted by Gasteiger charge is 2.09. The molecule has 3 nitrogen and oxygen atoms in total. The van der Waals surface area contributed by atoms with E-state index in [-0.39, 0.29) is 5.97 Å². The highest BCUT2D eigenvalue weighted by atomic mass is 32.2. The molecule has 0 amide bonds. The van der Waals surface area contributed by atoms with Gasteiger partial charge in [-0.2, -0.15) is 17.0 Å². The number of thioether (sulfide) groups is 1. The lowest BCUT2D eigenvalue weighted by Gasteiger charge is -2.13. The summed E-state index contributed by atoms with van der Waals surface area (Å²) in [6.45, 7) is 2.26. The molecule has 1 aromatic rings. The van der Waals surface area contributed by atoms with Gasteiger partial charge in [-0.05, 0) is 37.0 Å². The lowest BCUT2D eigenvalue weighted by atomic mass is 10.1. The number of methoxy groups -OCH3 is 1. The summed E-state index contributed by atoms with van der Waals surface area (Å²) in [5, 5.41) is 9.43. The van der Waals surface area contributed by atoms with Crippen LogP contribution >= 0.6 is 11.8 Å². The van der Waals surface area contributed by atoms with Crippen molar-refractivity contribution < 1.29 is 9.53 Å². The smallest absolute Gasteiger partial charge is 0.306 e. The first-order valence-corrected chi connectivity index (χ1v) is 12.6. The molecule has 0 aromatic heterocycles. The van der Waals surface area contributed by atoms with Gasteiger partial charge in [0.05, 0.1) is 25.2 Å². The van der Waals surface area contributed by atoms with Crippen LogP contribution in [-0.4, -0.2) is 24.1 Å². The molecule has 30 heavy (non-hydrogen) atoms. The number of carbonyl (C=O) groups excluding carboxylic acids is 1. The van der Waals surface area contributed by atoms with Crippen LogP contribution in [0.3, 0.4) is 0 Å². The van der Waals surface area contributed by atoms with E-state index in [0.29, 0.717) is 17.2 Å². The Hall–Kier alpha value is -1.73. The Balaban J connectivity index is 2.37. The Labute approximate surface area is 188 Å². The summed E-state index contributed by atoms with van der Waals surface area (Å²) in [5.74, 6) is 0.587. The van der Waals surface area contributed by atoms with Crippen LogP contribution in [-0.2, 0) is 16.0 Å². The number of nitriles is 1. The third-order valence-electron chi connectivity index (χ3n) is 5.18. The molecule has 4 heteroatoms. The van der Waals surface area contributed by atoms with Gasteiger partial charge in [0.15, 0.2) is 0 Å². The van der Waals surface area contributed by atoms with E-state index < -0.39 is 0 Å². The Kier molecular flexibility index (Phi) is 15.8. The molecule has 1 aromatic carbocycles. The standard InChI is InChI=1S/C26H39NO2S/c1-3-4-5-6-7-8-9-10-11-12-13-17-25(30-19-18-26(28)29-2)21-23-15-14-16-24(20-23)22-27/h13-17,20,25H,3-12,18-19,21H2,1-2H3/b17-13-. The molecule has 0 aliphatic heterocycles. The molecular weight excluding hydrogens is 390 g/mol. The van der Waals surface area contributed by atoms with Gasteiger partial charge >= 0.3 is 5.97 Å². The highest BCUT2D eigenvalue weighted by Crippen LogP contribution is 2.21. The van der Waals surface area contributed by atoms with Crippen LogP contribution in [0.5, 0.6) is 0 Å². The number of unbranched alkanes of at least 4 members (excludes halogenated alkanes) is 9. The van der Waals surface area contributed by atoms with Crippen LogP contribution in [0.15, 0.2) is 36.4 Å². The molecule has 0 aliphatic carbocycles. The van der Waals surface area contributed by atoms with Crippen molar-refractivity contribution in [2.24, 2.45) is 0 Å². The summed E-state index contributed by atoms with van der Waals surface area (Å²) in [6.07, 6.45) is 19.1. The second-order valence-corrected chi connectivity index (χ2v) is 9.14. The zero-order chi connectivity index (χ0) is 21.9. The van der Waals surface area contributed by atoms with E-state index in [1.165, 1.54) is 64.9 Å². The molecular formula is C26H39NO2S. The van der Waals surface area contributed by atoms with E-state index in [2.05, 4.69) is 31.2 Å². The maximum Gasteiger partial charge on any atom is 0.306 e. The topological polar surface area (TPSA) is 50.1 Å². The largest absolute Gasteiger partial charge is 0.469 e. The van der Waals surface area contributed by atoms with Crippen molar-refractivity contribution in [2.75, 3.05) is 12.9 Å². The summed E-state index contributed by atoms with van der Waals surface area (Å²) in [5.41, 5.74) is 1.86. The third kappa shape index (κ3) is 13.5. The van der Waals surface area contributed by atoms with Crippen molar-refractivity contribution in [3.8, 4) is 6.07 Å². The van der Waals surface area contributed by atoms with Crippen LogP contribution in [0, 0.1) is 11.3 Å². The van der Waals surface area contributed by atoms with Crippen LogP contribution < -0.4 is 0 Å². The van der Waals surface area contributed by atoms with Gasteiger partial charge in [-0.15, -0.1) is 0 Å². The van der Waals surface area contributed by atoms with Crippen molar-refractivity contribution in [3.63, 3.8) is 0 Å². The van der Waals surface area contributed by atoms with Gasteiger partial charge in [-0.1, -0.05) is 82.6 Å². The molecule has 1 unspecified atom stereocenters. The van der Waals surface area contributed by atoms with E-state index in [1.807, 2.05) is 18.2 Å².